The number of rotatable bonds is 10. The molecular weight excluding hydrogens is 360 g/mol. The molecule has 0 saturated heterocycles. The quantitative estimate of drug-likeness (QED) is 0.265. The predicted octanol–water partition coefficient (Wildman–Crippen LogP) is 4.34. The van der Waals surface area contributed by atoms with E-state index in [1.807, 2.05) is 24.3 Å². The number of thiocarbonyl (C=S) groups is 1. The fourth-order valence-corrected chi connectivity index (χ4v) is 2.54. The van der Waals surface area contributed by atoms with Crippen LogP contribution in [-0.4, -0.2) is 30.0 Å². The Labute approximate surface area is 164 Å². The summed E-state index contributed by atoms with van der Waals surface area (Å²) in [5.41, 5.74) is 2.31. The maximum atomic E-state index is 12.6. The van der Waals surface area contributed by atoms with Gasteiger partial charge in [0.15, 0.2) is 5.78 Å². The van der Waals surface area contributed by atoms with E-state index in [2.05, 4.69) is 17.2 Å². The highest BCUT2D eigenvalue weighted by atomic mass is 32.1. The predicted molar refractivity (Wildman–Crippen MR) is 109 cm³/mol. The van der Waals surface area contributed by atoms with Gasteiger partial charge in [-0.15, -0.1) is 0 Å². The summed E-state index contributed by atoms with van der Waals surface area (Å²) < 4.78 is 10.5. The van der Waals surface area contributed by atoms with Crippen molar-refractivity contribution < 1.29 is 19.1 Å². The number of hydrogen-bond acceptors (Lipinski definition) is 5. The lowest BCUT2D eigenvalue weighted by Crippen LogP contribution is -2.07. The molecule has 4 nitrogen and oxygen atoms in total. The maximum Gasteiger partial charge on any atom is 0.305 e. The molecule has 0 aliphatic heterocycles. The number of esters is 1. The van der Waals surface area contributed by atoms with Gasteiger partial charge in [-0.25, -0.2) is 0 Å². The van der Waals surface area contributed by atoms with Crippen LogP contribution in [0.25, 0.3) is 0 Å². The molecule has 5 heteroatoms. The zero-order valence-electron chi connectivity index (χ0n) is 15.3. The molecule has 0 N–H and O–H groups in total. The summed E-state index contributed by atoms with van der Waals surface area (Å²) in [5, 5.41) is 2.57. The van der Waals surface area contributed by atoms with Crippen LogP contribution in [0.4, 0.5) is 0 Å². The van der Waals surface area contributed by atoms with E-state index in [4.69, 9.17) is 9.47 Å². The smallest absolute Gasteiger partial charge is 0.305 e. The molecule has 0 atom stereocenters. The zero-order valence-corrected chi connectivity index (χ0v) is 16.1. The van der Waals surface area contributed by atoms with Crippen LogP contribution in [0.5, 0.6) is 5.75 Å². The number of carbonyl (C=O) groups is 2. The summed E-state index contributed by atoms with van der Waals surface area (Å²) in [6.07, 6.45) is 3.41. The SMILES string of the molecule is CCOC(=O)CCCOc1ccc(C(=O)c2ccc(CC=C=S)cc2)cc1. The Morgan fingerprint density at radius 3 is 2.26 bits per heavy atom. The fourth-order valence-electron chi connectivity index (χ4n) is 2.46. The molecule has 0 aliphatic rings. The molecule has 0 aliphatic carbocycles. The average molecular weight is 382 g/mol. The van der Waals surface area contributed by atoms with Gasteiger partial charge in [-0.05, 0) is 67.9 Å². The fraction of sp³-hybridized carbons (Fsp3) is 0.273. The first-order chi connectivity index (χ1) is 13.1. The van der Waals surface area contributed by atoms with Gasteiger partial charge in [0, 0.05) is 17.5 Å². The normalized spacial score (nSPS) is 9.96. The second-order valence-electron chi connectivity index (χ2n) is 5.83. The summed E-state index contributed by atoms with van der Waals surface area (Å²) in [6, 6.07) is 14.5. The Morgan fingerprint density at radius 1 is 1.04 bits per heavy atom. The van der Waals surface area contributed by atoms with Crippen LogP contribution < -0.4 is 4.74 Å². The maximum absolute atomic E-state index is 12.6. The minimum atomic E-state index is -0.216. The number of ether oxygens (including phenoxy) is 2. The van der Waals surface area contributed by atoms with Gasteiger partial charge in [-0.3, -0.25) is 9.59 Å². The van der Waals surface area contributed by atoms with E-state index in [9.17, 15) is 9.59 Å². The Hall–Kier alpha value is -2.75. The number of benzene rings is 2. The molecule has 0 saturated carbocycles. The number of allylic oxidation sites excluding steroid dienone is 1. The lowest BCUT2D eigenvalue weighted by atomic mass is 10.0. The summed E-state index contributed by atoms with van der Waals surface area (Å²) in [7, 11) is 0. The molecule has 2 aromatic rings. The molecule has 2 aromatic carbocycles. The van der Waals surface area contributed by atoms with Gasteiger partial charge in [0.25, 0.3) is 0 Å². The minimum absolute atomic E-state index is 0.0409. The van der Waals surface area contributed by atoms with Gasteiger partial charge in [0.1, 0.15) is 5.75 Å². The largest absolute Gasteiger partial charge is 0.494 e. The highest BCUT2D eigenvalue weighted by Gasteiger charge is 2.09. The monoisotopic (exact) mass is 382 g/mol. The molecule has 0 aromatic heterocycles. The van der Waals surface area contributed by atoms with Crippen LogP contribution >= 0.6 is 12.2 Å². The van der Waals surface area contributed by atoms with Crippen molar-refractivity contribution in [1.29, 1.82) is 0 Å². The first kappa shape index (κ1) is 20.6. The van der Waals surface area contributed by atoms with Crippen molar-refractivity contribution in [2.45, 2.75) is 26.2 Å². The van der Waals surface area contributed by atoms with Gasteiger partial charge in [-0.1, -0.05) is 29.3 Å². The molecule has 0 unspecified atom stereocenters. The third-order valence-corrected chi connectivity index (χ3v) is 4.02. The van der Waals surface area contributed by atoms with Crippen molar-refractivity contribution in [1.82, 2.24) is 0 Å². The first-order valence-electron chi connectivity index (χ1n) is 8.85. The Bertz CT molecular complexity index is 803. The van der Waals surface area contributed by atoms with Crippen LogP contribution in [0.15, 0.2) is 54.6 Å². The van der Waals surface area contributed by atoms with Gasteiger partial charge in [0.2, 0.25) is 0 Å². The molecule has 0 heterocycles. The van der Waals surface area contributed by atoms with E-state index in [0.717, 1.165) is 5.56 Å². The van der Waals surface area contributed by atoms with Crippen molar-refractivity contribution in [3.8, 4) is 5.75 Å². The lowest BCUT2D eigenvalue weighted by molar-refractivity contribution is -0.143. The van der Waals surface area contributed by atoms with Crippen LogP contribution in [0.1, 0.15) is 41.3 Å². The van der Waals surface area contributed by atoms with Gasteiger partial charge in [0.05, 0.1) is 13.2 Å². The Balaban J connectivity index is 1.87. The molecule has 27 heavy (non-hydrogen) atoms. The Morgan fingerprint density at radius 2 is 1.67 bits per heavy atom. The highest BCUT2D eigenvalue weighted by Crippen LogP contribution is 2.16. The molecule has 2 rings (SSSR count). The van der Waals surface area contributed by atoms with E-state index < -0.39 is 0 Å². The van der Waals surface area contributed by atoms with E-state index in [0.29, 0.717) is 49.4 Å². The first-order valence-corrected chi connectivity index (χ1v) is 9.26. The van der Waals surface area contributed by atoms with Crippen molar-refractivity contribution in [3.05, 3.63) is 71.3 Å². The summed E-state index contributed by atoms with van der Waals surface area (Å²) in [4.78, 5) is 23.8. The highest BCUT2D eigenvalue weighted by molar-refractivity contribution is 7.78. The van der Waals surface area contributed by atoms with E-state index in [1.165, 1.54) is 0 Å². The topological polar surface area (TPSA) is 52.6 Å². The number of hydrogen-bond donors (Lipinski definition) is 0. The lowest BCUT2D eigenvalue weighted by Gasteiger charge is -2.07. The van der Waals surface area contributed by atoms with Crippen LogP contribution in [0.3, 0.4) is 0 Å². The molecule has 0 radical (unpaired) electrons. The molecule has 140 valence electrons. The second-order valence-corrected chi connectivity index (χ2v) is 6.07. The zero-order chi connectivity index (χ0) is 19.5. The second kappa shape index (κ2) is 11.1. The van der Waals surface area contributed by atoms with E-state index >= 15 is 0 Å². The third kappa shape index (κ3) is 6.81. The van der Waals surface area contributed by atoms with Crippen molar-refractivity contribution in [2.75, 3.05) is 13.2 Å². The van der Waals surface area contributed by atoms with Crippen LogP contribution in [0, 0.1) is 0 Å². The average Bonchev–Trinajstić information content (AvgIpc) is 2.70. The summed E-state index contributed by atoms with van der Waals surface area (Å²) in [6.45, 7) is 2.59. The van der Waals surface area contributed by atoms with Crippen molar-refractivity contribution >= 4 is 29.0 Å². The van der Waals surface area contributed by atoms with Gasteiger partial charge in [-0.2, -0.15) is 0 Å². The van der Waals surface area contributed by atoms with Crippen LogP contribution in [-0.2, 0) is 16.0 Å². The van der Waals surface area contributed by atoms with Crippen LogP contribution in [0.2, 0.25) is 0 Å². The Kier molecular flexibility index (Phi) is 8.43. The third-order valence-electron chi connectivity index (χ3n) is 3.85. The molecule has 0 amide bonds. The van der Waals surface area contributed by atoms with E-state index in [-0.39, 0.29) is 11.8 Å². The standard InChI is InChI=1S/C22H22O4S/c1-2-25-21(23)6-3-15-26-20-13-11-19(12-14-20)22(24)18-9-7-17(8-10-18)5-4-16-27/h4,7-14H,2-3,5-6,15H2,1H3. The summed E-state index contributed by atoms with van der Waals surface area (Å²) in [5.74, 6) is 0.407. The van der Waals surface area contributed by atoms with Gasteiger partial charge < -0.3 is 9.47 Å². The van der Waals surface area contributed by atoms with Crippen molar-refractivity contribution in [3.63, 3.8) is 0 Å². The molecule has 0 fully saturated rings. The van der Waals surface area contributed by atoms with E-state index in [1.54, 1.807) is 37.3 Å². The summed E-state index contributed by atoms with van der Waals surface area (Å²) >= 11 is 4.66. The molecule has 0 spiro atoms. The molecule has 0 bridgehead atoms. The van der Waals surface area contributed by atoms with Crippen molar-refractivity contribution in [2.24, 2.45) is 0 Å². The van der Waals surface area contributed by atoms with Gasteiger partial charge >= 0.3 is 5.97 Å². The minimum Gasteiger partial charge on any atom is -0.494 e. The number of carbonyl (C=O) groups excluding carboxylic acids is 2. The number of ketones is 1. The molecular formula is C22H22O4S.